The van der Waals surface area contributed by atoms with E-state index in [2.05, 4.69) is 0 Å². The molecule has 2 saturated heterocycles. The van der Waals surface area contributed by atoms with Gasteiger partial charge in [0, 0.05) is 32.7 Å². The summed E-state index contributed by atoms with van der Waals surface area (Å²) < 4.78 is 66.5. The molecule has 30 heavy (non-hydrogen) atoms. The minimum Gasteiger partial charge on any atom is -0.283 e. The van der Waals surface area contributed by atoms with E-state index >= 15 is 0 Å². The molecule has 1 aromatic rings. The summed E-state index contributed by atoms with van der Waals surface area (Å²) in [5.74, 6) is -7.02. The molecule has 0 spiro atoms. The standard InChI is InChI=1S/C17H19F3N4O5S/c1-2-5-23-15(25)16(26)24(17(23)27)10-21-6-8-22(9-7-21)30(28,29)12-4-3-11(18)13(19)14(12)20/h3-4H,2,5-10H2,1H3. The van der Waals surface area contributed by atoms with E-state index in [1.807, 2.05) is 0 Å². The Balaban J connectivity index is 1.67. The molecular weight excluding hydrogens is 429 g/mol. The van der Waals surface area contributed by atoms with Crippen LogP contribution in [-0.4, -0.2) is 84.7 Å². The Morgan fingerprint density at radius 2 is 1.50 bits per heavy atom. The van der Waals surface area contributed by atoms with Crippen LogP contribution in [0.3, 0.4) is 0 Å². The number of halogens is 3. The first-order valence-corrected chi connectivity index (χ1v) is 10.6. The lowest BCUT2D eigenvalue weighted by Crippen LogP contribution is -2.52. The number of piperazine rings is 1. The van der Waals surface area contributed by atoms with Gasteiger partial charge >= 0.3 is 17.8 Å². The zero-order chi connectivity index (χ0) is 22.2. The molecule has 2 heterocycles. The highest BCUT2D eigenvalue weighted by molar-refractivity contribution is 7.89. The van der Waals surface area contributed by atoms with Crippen LogP contribution < -0.4 is 0 Å². The lowest BCUT2D eigenvalue weighted by molar-refractivity contribution is -0.144. The minimum absolute atomic E-state index is 0.0730. The Kier molecular flexibility index (Phi) is 6.15. The van der Waals surface area contributed by atoms with Crippen LogP contribution in [0.5, 0.6) is 0 Å². The zero-order valence-corrected chi connectivity index (χ0v) is 16.8. The number of imide groups is 2. The fourth-order valence-electron chi connectivity index (χ4n) is 3.25. The number of benzene rings is 1. The summed E-state index contributed by atoms with van der Waals surface area (Å²) in [6.45, 7) is 1.55. The van der Waals surface area contributed by atoms with Gasteiger partial charge in [-0.15, -0.1) is 0 Å². The molecular formula is C17H19F3N4O5S. The van der Waals surface area contributed by atoms with E-state index in [4.69, 9.17) is 0 Å². The highest BCUT2D eigenvalue weighted by atomic mass is 32.2. The lowest BCUT2D eigenvalue weighted by Gasteiger charge is -2.35. The number of rotatable bonds is 6. The van der Waals surface area contributed by atoms with E-state index in [1.54, 1.807) is 11.8 Å². The fourth-order valence-corrected chi connectivity index (χ4v) is 4.73. The van der Waals surface area contributed by atoms with E-state index in [0.717, 1.165) is 14.1 Å². The van der Waals surface area contributed by atoms with Crippen molar-refractivity contribution in [1.29, 1.82) is 0 Å². The third kappa shape index (κ3) is 3.79. The molecule has 0 aromatic heterocycles. The van der Waals surface area contributed by atoms with Gasteiger partial charge in [-0.05, 0) is 18.6 Å². The van der Waals surface area contributed by atoms with Crippen molar-refractivity contribution in [3.05, 3.63) is 29.6 Å². The van der Waals surface area contributed by atoms with Crippen molar-refractivity contribution < 1.29 is 36.0 Å². The summed E-state index contributed by atoms with van der Waals surface area (Å²) in [5.41, 5.74) is 0. The van der Waals surface area contributed by atoms with Gasteiger partial charge in [0.2, 0.25) is 10.0 Å². The number of nitrogens with zero attached hydrogens (tertiary/aromatic N) is 4. The van der Waals surface area contributed by atoms with Crippen molar-refractivity contribution in [3.63, 3.8) is 0 Å². The largest absolute Gasteiger partial charge is 0.335 e. The average molecular weight is 448 g/mol. The van der Waals surface area contributed by atoms with Crippen LogP contribution in [0.2, 0.25) is 0 Å². The van der Waals surface area contributed by atoms with Gasteiger partial charge in [0.15, 0.2) is 17.5 Å². The van der Waals surface area contributed by atoms with Gasteiger partial charge in [-0.1, -0.05) is 6.92 Å². The van der Waals surface area contributed by atoms with Crippen molar-refractivity contribution >= 4 is 27.9 Å². The summed E-state index contributed by atoms with van der Waals surface area (Å²) >= 11 is 0. The number of hydrogen-bond acceptors (Lipinski definition) is 6. The lowest BCUT2D eigenvalue weighted by atomic mass is 10.3. The molecule has 4 amide bonds. The molecule has 9 nitrogen and oxygen atoms in total. The van der Waals surface area contributed by atoms with E-state index < -0.39 is 50.2 Å². The van der Waals surface area contributed by atoms with Gasteiger partial charge in [-0.3, -0.25) is 19.4 Å². The second-order valence-corrected chi connectivity index (χ2v) is 8.72. The monoisotopic (exact) mass is 448 g/mol. The summed E-state index contributed by atoms with van der Waals surface area (Å²) in [5, 5.41) is 0. The second kappa shape index (κ2) is 8.32. The first kappa shape index (κ1) is 22.2. The molecule has 0 unspecified atom stereocenters. The number of sulfonamides is 1. The number of carbonyl (C=O) groups excluding carboxylic acids is 3. The summed E-state index contributed by atoms with van der Waals surface area (Å²) in [6, 6.07) is 0.460. The highest BCUT2D eigenvalue weighted by Gasteiger charge is 2.45. The molecule has 3 rings (SSSR count). The van der Waals surface area contributed by atoms with Crippen molar-refractivity contribution in [2.24, 2.45) is 0 Å². The molecule has 2 aliphatic heterocycles. The summed E-state index contributed by atoms with van der Waals surface area (Å²) in [4.78, 5) is 38.5. The van der Waals surface area contributed by atoms with E-state index in [-0.39, 0.29) is 39.4 Å². The molecule has 0 radical (unpaired) electrons. The molecule has 0 N–H and O–H groups in total. The second-order valence-electron chi connectivity index (χ2n) is 6.81. The third-order valence-electron chi connectivity index (χ3n) is 4.87. The van der Waals surface area contributed by atoms with Gasteiger partial charge in [-0.2, -0.15) is 4.31 Å². The molecule has 0 atom stereocenters. The van der Waals surface area contributed by atoms with E-state index in [1.165, 1.54) is 0 Å². The Hall–Kier alpha value is -2.51. The topological polar surface area (TPSA) is 98.3 Å². The third-order valence-corrected chi connectivity index (χ3v) is 6.79. The van der Waals surface area contributed by atoms with Gasteiger partial charge in [-0.25, -0.2) is 31.3 Å². The van der Waals surface area contributed by atoms with Crippen LogP contribution >= 0.6 is 0 Å². The van der Waals surface area contributed by atoms with Crippen molar-refractivity contribution in [1.82, 2.24) is 19.0 Å². The molecule has 2 aliphatic rings. The molecule has 2 fully saturated rings. The van der Waals surface area contributed by atoms with Gasteiger partial charge in [0.05, 0.1) is 6.67 Å². The molecule has 0 saturated carbocycles. The Morgan fingerprint density at radius 1 is 0.900 bits per heavy atom. The number of urea groups is 1. The van der Waals surface area contributed by atoms with Crippen LogP contribution in [0.25, 0.3) is 0 Å². The van der Waals surface area contributed by atoms with E-state index in [0.29, 0.717) is 18.6 Å². The SMILES string of the molecule is CCCN1C(=O)C(=O)N(CN2CCN(S(=O)(=O)c3ccc(F)c(F)c3F)CC2)C1=O. The van der Waals surface area contributed by atoms with Gasteiger partial charge in [0.1, 0.15) is 4.90 Å². The maximum Gasteiger partial charge on any atom is 0.335 e. The number of hydrogen-bond donors (Lipinski definition) is 0. The van der Waals surface area contributed by atoms with Crippen LogP contribution in [0.1, 0.15) is 13.3 Å². The van der Waals surface area contributed by atoms with Crippen LogP contribution in [0.4, 0.5) is 18.0 Å². The van der Waals surface area contributed by atoms with Gasteiger partial charge in [0.25, 0.3) is 0 Å². The first-order valence-electron chi connectivity index (χ1n) is 9.13. The quantitative estimate of drug-likeness (QED) is 0.359. The molecule has 1 aromatic carbocycles. The Labute approximate surface area is 170 Å². The Morgan fingerprint density at radius 3 is 2.10 bits per heavy atom. The fraction of sp³-hybridized carbons (Fsp3) is 0.471. The number of carbonyl (C=O) groups is 3. The van der Waals surface area contributed by atoms with Crippen LogP contribution in [0, 0.1) is 17.5 Å². The molecule has 164 valence electrons. The smallest absolute Gasteiger partial charge is 0.283 e. The number of amides is 4. The minimum atomic E-state index is -4.41. The molecule has 13 heteroatoms. The zero-order valence-electron chi connectivity index (χ0n) is 16.0. The van der Waals surface area contributed by atoms with Crippen molar-refractivity contribution in [2.75, 3.05) is 39.4 Å². The molecule has 0 bridgehead atoms. The average Bonchev–Trinajstić information content (AvgIpc) is 2.91. The first-order chi connectivity index (χ1) is 14.1. The summed E-state index contributed by atoms with van der Waals surface area (Å²) in [6.07, 6.45) is 0.496. The maximum atomic E-state index is 13.9. The van der Waals surface area contributed by atoms with Crippen LogP contribution in [-0.2, 0) is 19.6 Å². The maximum absolute atomic E-state index is 13.9. The van der Waals surface area contributed by atoms with Crippen LogP contribution in [0.15, 0.2) is 17.0 Å². The highest BCUT2D eigenvalue weighted by Crippen LogP contribution is 2.24. The predicted molar refractivity (Wildman–Crippen MR) is 95.8 cm³/mol. The Bertz CT molecular complexity index is 995. The predicted octanol–water partition coefficient (Wildman–Crippen LogP) is 0.568. The van der Waals surface area contributed by atoms with Crippen molar-refractivity contribution in [3.8, 4) is 0 Å². The molecule has 0 aliphatic carbocycles. The van der Waals surface area contributed by atoms with E-state index in [9.17, 15) is 36.0 Å². The van der Waals surface area contributed by atoms with Gasteiger partial charge < -0.3 is 0 Å². The summed E-state index contributed by atoms with van der Waals surface area (Å²) in [7, 11) is -4.41. The normalized spacial score (nSPS) is 19.3. The van der Waals surface area contributed by atoms with Crippen molar-refractivity contribution in [2.45, 2.75) is 18.2 Å².